The average Bonchev–Trinajstić information content (AvgIpc) is 2.37. The molecule has 1 N–H and O–H groups in total. The van der Waals surface area contributed by atoms with Crippen LogP contribution in [-0.4, -0.2) is 39.0 Å². The van der Waals surface area contributed by atoms with Gasteiger partial charge in [-0.2, -0.15) is 0 Å². The van der Waals surface area contributed by atoms with Crippen LogP contribution in [0.25, 0.3) is 0 Å². The zero-order chi connectivity index (χ0) is 8.10. The maximum atomic E-state index is 5.39. The van der Waals surface area contributed by atoms with Gasteiger partial charge in [-0.3, -0.25) is 0 Å². The minimum absolute atomic E-state index is 0.367. The van der Waals surface area contributed by atoms with Crippen LogP contribution in [0.15, 0.2) is 0 Å². The Morgan fingerprint density at radius 3 is 3.00 bits per heavy atom. The van der Waals surface area contributed by atoms with Crippen molar-refractivity contribution in [1.29, 1.82) is 0 Å². The largest absolute Gasteiger partial charge is 0.383 e. The molecule has 2 atom stereocenters. The van der Waals surface area contributed by atoms with Crippen LogP contribution in [0.4, 0.5) is 0 Å². The smallest absolute Gasteiger partial charge is 0.0700 e. The molecule has 3 nitrogen and oxygen atoms in total. The van der Waals surface area contributed by atoms with Gasteiger partial charge in [0.25, 0.3) is 0 Å². The third kappa shape index (κ3) is 2.77. The first kappa shape index (κ1) is 8.97. The monoisotopic (exact) mass is 159 g/mol. The molecule has 66 valence electrons. The van der Waals surface area contributed by atoms with Gasteiger partial charge >= 0.3 is 0 Å². The number of methoxy groups -OCH3 is 1. The Morgan fingerprint density at radius 2 is 2.45 bits per heavy atom. The second-order valence-electron chi connectivity index (χ2n) is 2.92. The van der Waals surface area contributed by atoms with Gasteiger partial charge in [-0.15, -0.1) is 0 Å². The SMILES string of the molecule is COCCN[C@H]1CCO[C@@H]1C. The van der Waals surface area contributed by atoms with Crippen molar-refractivity contribution in [2.45, 2.75) is 25.5 Å². The van der Waals surface area contributed by atoms with E-state index in [1.165, 1.54) is 0 Å². The summed E-state index contributed by atoms with van der Waals surface area (Å²) in [5, 5.41) is 3.38. The summed E-state index contributed by atoms with van der Waals surface area (Å²) in [7, 11) is 1.72. The maximum absolute atomic E-state index is 5.39. The first-order chi connectivity index (χ1) is 5.34. The van der Waals surface area contributed by atoms with Gasteiger partial charge in [-0.25, -0.2) is 0 Å². The fourth-order valence-corrected chi connectivity index (χ4v) is 1.35. The summed E-state index contributed by atoms with van der Waals surface area (Å²) in [5.41, 5.74) is 0. The molecule has 0 aromatic heterocycles. The average molecular weight is 159 g/mol. The molecule has 0 aliphatic carbocycles. The maximum Gasteiger partial charge on any atom is 0.0700 e. The van der Waals surface area contributed by atoms with Crippen LogP contribution >= 0.6 is 0 Å². The molecule has 0 aromatic carbocycles. The van der Waals surface area contributed by atoms with E-state index in [9.17, 15) is 0 Å². The van der Waals surface area contributed by atoms with E-state index < -0.39 is 0 Å². The predicted octanol–water partition coefficient (Wildman–Crippen LogP) is 0.400. The predicted molar refractivity (Wildman–Crippen MR) is 43.7 cm³/mol. The molecule has 0 saturated carbocycles. The second-order valence-corrected chi connectivity index (χ2v) is 2.92. The number of rotatable bonds is 4. The first-order valence-corrected chi connectivity index (χ1v) is 4.18. The lowest BCUT2D eigenvalue weighted by Gasteiger charge is -2.15. The van der Waals surface area contributed by atoms with Crippen molar-refractivity contribution in [1.82, 2.24) is 5.32 Å². The Bertz CT molecular complexity index is 108. The molecule has 1 fully saturated rings. The lowest BCUT2D eigenvalue weighted by molar-refractivity contribution is 0.110. The van der Waals surface area contributed by atoms with E-state index in [1.54, 1.807) is 7.11 Å². The Labute approximate surface area is 68.1 Å². The van der Waals surface area contributed by atoms with Crippen molar-refractivity contribution in [3.63, 3.8) is 0 Å². The highest BCUT2D eigenvalue weighted by molar-refractivity contribution is 4.78. The molecule has 0 aromatic rings. The zero-order valence-electron chi connectivity index (χ0n) is 7.30. The number of nitrogens with one attached hydrogen (secondary N) is 1. The van der Waals surface area contributed by atoms with Gasteiger partial charge in [-0.1, -0.05) is 0 Å². The van der Waals surface area contributed by atoms with E-state index in [-0.39, 0.29) is 0 Å². The van der Waals surface area contributed by atoms with Crippen LogP contribution < -0.4 is 5.32 Å². The van der Waals surface area contributed by atoms with E-state index in [1.807, 2.05) is 0 Å². The molecule has 0 radical (unpaired) electrons. The molecule has 11 heavy (non-hydrogen) atoms. The van der Waals surface area contributed by atoms with Gasteiger partial charge in [0.05, 0.1) is 12.7 Å². The van der Waals surface area contributed by atoms with Crippen molar-refractivity contribution in [3.05, 3.63) is 0 Å². The molecule has 1 rings (SSSR count). The van der Waals surface area contributed by atoms with Crippen molar-refractivity contribution in [2.24, 2.45) is 0 Å². The number of ether oxygens (including phenoxy) is 2. The van der Waals surface area contributed by atoms with E-state index in [0.29, 0.717) is 12.1 Å². The van der Waals surface area contributed by atoms with E-state index in [2.05, 4.69) is 12.2 Å². The van der Waals surface area contributed by atoms with Crippen LogP contribution in [0, 0.1) is 0 Å². The van der Waals surface area contributed by atoms with Crippen LogP contribution in [0.2, 0.25) is 0 Å². The highest BCUT2D eigenvalue weighted by atomic mass is 16.5. The van der Waals surface area contributed by atoms with E-state index in [4.69, 9.17) is 9.47 Å². The minimum Gasteiger partial charge on any atom is -0.383 e. The standard InChI is InChI=1S/C8H17NO2/c1-7-8(3-5-11-7)9-4-6-10-2/h7-9H,3-6H2,1-2H3/t7-,8+/m1/s1. The summed E-state index contributed by atoms with van der Waals surface area (Å²) >= 11 is 0. The Hall–Kier alpha value is -0.120. The van der Waals surface area contributed by atoms with Crippen LogP contribution in [0.5, 0.6) is 0 Å². The molecular formula is C8H17NO2. The molecule has 0 unspecified atom stereocenters. The van der Waals surface area contributed by atoms with Crippen LogP contribution in [0.1, 0.15) is 13.3 Å². The molecule has 1 aliphatic heterocycles. The number of hydrogen-bond donors (Lipinski definition) is 1. The Kier molecular flexibility index (Phi) is 3.83. The number of hydrogen-bond acceptors (Lipinski definition) is 3. The van der Waals surface area contributed by atoms with Gasteiger partial charge in [0.15, 0.2) is 0 Å². The van der Waals surface area contributed by atoms with Gasteiger partial charge in [-0.05, 0) is 13.3 Å². The molecular weight excluding hydrogens is 142 g/mol. The van der Waals surface area contributed by atoms with E-state index in [0.717, 1.165) is 26.2 Å². The van der Waals surface area contributed by atoms with Crippen molar-refractivity contribution in [2.75, 3.05) is 26.9 Å². The summed E-state index contributed by atoms with van der Waals surface area (Å²) in [6.07, 6.45) is 1.50. The molecule has 1 aliphatic rings. The molecule has 0 amide bonds. The lowest BCUT2D eigenvalue weighted by atomic mass is 10.1. The third-order valence-corrected chi connectivity index (χ3v) is 2.09. The summed E-state index contributed by atoms with van der Waals surface area (Å²) in [5.74, 6) is 0. The highest BCUT2D eigenvalue weighted by Crippen LogP contribution is 2.11. The molecule has 3 heteroatoms. The quantitative estimate of drug-likeness (QED) is 0.602. The zero-order valence-corrected chi connectivity index (χ0v) is 7.30. The van der Waals surface area contributed by atoms with Crippen molar-refractivity contribution < 1.29 is 9.47 Å². The Balaban J connectivity index is 2.05. The van der Waals surface area contributed by atoms with Gasteiger partial charge in [0.2, 0.25) is 0 Å². The van der Waals surface area contributed by atoms with Crippen molar-refractivity contribution >= 4 is 0 Å². The van der Waals surface area contributed by atoms with Gasteiger partial charge < -0.3 is 14.8 Å². The fraction of sp³-hybridized carbons (Fsp3) is 1.00. The van der Waals surface area contributed by atoms with Crippen molar-refractivity contribution in [3.8, 4) is 0 Å². The fourth-order valence-electron chi connectivity index (χ4n) is 1.35. The molecule has 1 saturated heterocycles. The summed E-state index contributed by atoms with van der Waals surface area (Å²) in [4.78, 5) is 0. The van der Waals surface area contributed by atoms with Gasteiger partial charge in [0.1, 0.15) is 0 Å². The molecule has 0 bridgehead atoms. The summed E-state index contributed by atoms with van der Waals surface area (Å²) in [6, 6.07) is 0.533. The topological polar surface area (TPSA) is 30.5 Å². The lowest BCUT2D eigenvalue weighted by Crippen LogP contribution is -2.36. The minimum atomic E-state index is 0.367. The Morgan fingerprint density at radius 1 is 1.64 bits per heavy atom. The molecule has 0 spiro atoms. The van der Waals surface area contributed by atoms with Crippen LogP contribution in [-0.2, 0) is 9.47 Å². The van der Waals surface area contributed by atoms with Crippen LogP contribution in [0.3, 0.4) is 0 Å². The normalized spacial score (nSPS) is 31.1. The van der Waals surface area contributed by atoms with Gasteiger partial charge in [0, 0.05) is 26.3 Å². The summed E-state index contributed by atoms with van der Waals surface area (Å²) < 4.78 is 10.3. The third-order valence-electron chi connectivity index (χ3n) is 2.09. The summed E-state index contributed by atoms with van der Waals surface area (Å²) in [6.45, 7) is 4.71. The second kappa shape index (κ2) is 4.70. The highest BCUT2D eigenvalue weighted by Gasteiger charge is 2.22. The van der Waals surface area contributed by atoms with E-state index >= 15 is 0 Å². The molecule has 1 heterocycles. The first-order valence-electron chi connectivity index (χ1n) is 4.18.